The summed E-state index contributed by atoms with van der Waals surface area (Å²) in [6.07, 6.45) is 5.57. The molecule has 1 saturated heterocycles. The highest BCUT2D eigenvalue weighted by Gasteiger charge is 2.30. The van der Waals surface area contributed by atoms with E-state index in [9.17, 15) is 4.39 Å². The molecular formula is C28H36FN5. The summed E-state index contributed by atoms with van der Waals surface area (Å²) in [6.45, 7) is 10.4. The third-order valence-electron chi connectivity index (χ3n) is 7.08. The monoisotopic (exact) mass is 461 g/mol. The molecule has 0 bridgehead atoms. The lowest BCUT2D eigenvalue weighted by Gasteiger charge is -2.36. The zero-order valence-corrected chi connectivity index (χ0v) is 20.6. The topological polar surface area (TPSA) is 51.0 Å². The third kappa shape index (κ3) is 5.18. The van der Waals surface area contributed by atoms with E-state index < -0.39 is 5.67 Å². The summed E-state index contributed by atoms with van der Waals surface area (Å²) in [4.78, 5) is 8.23. The number of benzene rings is 2. The second kappa shape index (κ2) is 9.51. The number of nitrogens with zero attached hydrogens (tertiary/aromatic N) is 3. The van der Waals surface area contributed by atoms with Gasteiger partial charge in [0.15, 0.2) is 0 Å². The third-order valence-corrected chi connectivity index (χ3v) is 7.08. The smallest absolute Gasteiger partial charge is 0.118 e. The van der Waals surface area contributed by atoms with Gasteiger partial charge in [0.2, 0.25) is 0 Å². The van der Waals surface area contributed by atoms with Crippen molar-refractivity contribution in [2.75, 3.05) is 19.6 Å². The van der Waals surface area contributed by atoms with Crippen LogP contribution in [0.3, 0.4) is 0 Å². The van der Waals surface area contributed by atoms with Gasteiger partial charge in [0, 0.05) is 47.7 Å². The minimum absolute atomic E-state index is 0.390. The Hall–Kier alpha value is -2.70. The molecule has 0 spiro atoms. The molecule has 0 aliphatic carbocycles. The lowest BCUT2D eigenvalue weighted by atomic mass is 9.96. The first-order valence-electron chi connectivity index (χ1n) is 12.5. The molecule has 6 heteroatoms. The van der Waals surface area contributed by atoms with Crippen LogP contribution in [0.4, 0.5) is 4.39 Å². The lowest BCUT2D eigenvalue weighted by molar-refractivity contribution is 0.0853. The van der Waals surface area contributed by atoms with Crippen LogP contribution in [0.1, 0.15) is 50.4 Å². The van der Waals surface area contributed by atoms with Crippen LogP contribution in [0, 0.1) is 0 Å². The Bertz CT molecular complexity index is 1240. The fraction of sp³-hybridized carbons (Fsp3) is 0.464. The first-order chi connectivity index (χ1) is 16.4. The number of hydrogen-bond acceptors (Lipinski definition) is 3. The number of aromatic nitrogens is 3. The van der Waals surface area contributed by atoms with E-state index in [0.29, 0.717) is 12.6 Å². The van der Waals surface area contributed by atoms with Gasteiger partial charge in [0.05, 0.1) is 11.7 Å². The van der Waals surface area contributed by atoms with Crippen molar-refractivity contribution in [2.45, 2.75) is 64.8 Å². The molecule has 0 saturated carbocycles. The van der Waals surface area contributed by atoms with Gasteiger partial charge in [-0.1, -0.05) is 30.3 Å². The molecule has 2 aromatic carbocycles. The van der Waals surface area contributed by atoms with E-state index in [-0.39, 0.29) is 0 Å². The Morgan fingerprint density at radius 1 is 1.09 bits per heavy atom. The predicted molar refractivity (Wildman–Crippen MR) is 138 cm³/mol. The fourth-order valence-electron chi connectivity index (χ4n) is 5.38. The van der Waals surface area contributed by atoms with E-state index >= 15 is 0 Å². The minimum atomic E-state index is -1.14. The Morgan fingerprint density at radius 3 is 2.68 bits per heavy atom. The molecular weight excluding hydrogens is 425 g/mol. The van der Waals surface area contributed by atoms with Gasteiger partial charge in [-0.05, 0) is 76.4 Å². The van der Waals surface area contributed by atoms with Gasteiger partial charge in [-0.3, -0.25) is 14.9 Å². The average Bonchev–Trinajstić information content (AvgIpc) is 3.53. The van der Waals surface area contributed by atoms with Gasteiger partial charge in [0.25, 0.3) is 0 Å². The van der Waals surface area contributed by atoms with Gasteiger partial charge in [-0.2, -0.15) is 5.10 Å². The summed E-state index contributed by atoms with van der Waals surface area (Å²) in [7, 11) is 0. The van der Waals surface area contributed by atoms with Crippen molar-refractivity contribution < 1.29 is 4.39 Å². The molecule has 180 valence electrons. The minimum Gasteiger partial charge on any atom is -0.357 e. The lowest BCUT2D eigenvalue weighted by Crippen LogP contribution is -2.44. The number of aromatic amines is 2. The molecule has 2 N–H and O–H groups in total. The number of halogens is 1. The maximum Gasteiger partial charge on any atom is 0.118 e. The summed E-state index contributed by atoms with van der Waals surface area (Å²) in [5, 5.41) is 9.57. The Kier molecular flexibility index (Phi) is 6.45. The molecule has 6 rings (SSSR count). The van der Waals surface area contributed by atoms with Crippen molar-refractivity contribution in [2.24, 2.45) is 0 Å². The number of alkyl halides is 1. The molecule has 2 aliphatic heterocycles. The Morgan fingerprint density at radius 2 is 1.88 bits per heavy atom. The number of fused-ring (bicyclic) bond motifs is 4. The van der Waals surface area contributed by atoms with Crippen LogP contribution in [-0.2, 0) is 19.5 Å². The van der Waals surface area contributed by atoms with Gasteiger partial charge in [0.1, 0.15) is 5.67 Å². The van der Waals surface area contributed by atoms with Crippen LogP contribution in [-0.4, -0.2) is 56.3 Å². The summed E-state index contributed by atoms with van der Waals surface area (Å²) >= 11 is 0. The number of para-hydroxylation sites is 1. The van der Waals surface area contributed by atoms with E-state index in [1.807, 2.05) is 6.20 Å². The first kappa shape index (κ1) is 23.1. The van der Waals surface area contributed by atoms with Crippen molar-refractivity contribution in [3.63, 3.8) is 0 Å². The Balaban J connectivity index is 0.000000145. The highest BCUT2D eigenvalue weighted by atomic mass is 19.1. The van der Waals surface area contributed by atoms with Crippen LogP contribution in [0.5, 0.6) is 0 Å². The molecule has 34 heavy (non-hydrogen) atoms. The second-order valence-corrected chi connectivity index (χ2v) is 10.6. The zero-order valence-electron chi connectivity index (χ0n) is 20.6. The maximum absolute atomic E-state index is 13.9. The second-order valence-electron chi connectivity index (χ2n) is 10.6. The van der Waals surface area contributed by atoms with Crippen LogP contribution in [0.2, 0.25) is 0 Å². The summed E-state index contributed by atoms with van der Waals surface area (Å²) in [6, 6.07) is 15.4. The molecule has 4 heterocycles. The molecule has 1 unspecified atom stereocenters. The standard InChI is InChI=1S/C16H21FN2.C12H15N3/c1-11-8-13-12-6-4-5-7-14(12)18-15(13)9-19(11)10-16(2,3)17;1-2-6-15(5-1)9-10-3-4-11-8-13-14-12(11)7-10/h4-7,11,18H,8-10H2,1-3H3;3-4,7-8H,1-2,5-6,9H2,(H,13,14). The quantitative estimate of drug-likeness (QED) is 0.403. The van der Waals surface area contributed by atoms with E-state index in [1.165, 1.54) is 59.0 Å². The average molecular weight is 462 g/mol. The molecule has 2 aromatic heterocycles. The number of H-pyrrole nitrogens is 2. The molecule has 0 radical (unpaired) electrons. The summed E-state index contributed by atoms with van der Waals surface area (Å²) in [5.74, 6) is 0. The number of hydrogen-bond donors (Lipinski definition) is 2. The number of nitrogens with one attached hydrogen (secondary N) is 2. The van der Waals surface area contributed by atoms with E-state index in [2.05, 4.69) is 74.4 Å². The fourth-order valence-corrected chi connectivity index (χ4v) is 5.38. The molecule has 2 aliphatic rings. The number of rotatable bonds is 4. The predicted octanol–water partition coefficient (Wildman–Crippen LogP) is 5.82. The normalized spacial score (nSPS) is 19.4. The van der Waals surface area contributed by atoms with E-state index in [0.717, 1.165) is 25.0 Å². The molecule has 1 fully saturated rings. The van der Waals surface area contributed by atoms with Crippen molar-refractivity contribution in [3.8, 4) is 0 Å². The van der Waals surface area contributed by atoms with Crippen molar-refractivity contribution in [1.82, 2.24) is 25.0 Å². The summed E-state index contributed by atoms with van der Waals surface area (Å²) < 4.78 is 13.9. The van der Waals surface area contributed by atoms with Gasteiger partial charge >= 0.3 is 0 Å². The first-order valence-corrected chi connectivity index (χ1v) is 12.5. The van der Waals surface area contributed by atoms with Crippen LogP contribution in [0.15, 0.2) is 48.7 Å². The van der Waals surface area contributed by atoms with Crippen LogP contribution >= 0.6 is 0 Å². The molecule has 4 aromatic rings. The van der Waals surface area contributed by atoms with Crippen molar-refractivity contribution >= 4 is 21.8 Å². The maximum atomic E-state index is 13.9. The summed E-state index contributed by atoms with van der Waals surface area (Å²) in [5.41, 5.74) is 5.25. The van der Waals surface area contributed by atoms with Crippen molar-refractivity contribution in [3.05, 3.63) is 65.5 Å². The van der Waals surface area contributed by atoms with E-state index in [1.54, 1.807) is 13.8 Å². The zero-order chi connectivity index (χ0) is 23.7. The molecule has 0 amide bonds. The van der Waals surface area contributed by atoms with Gasteiger partial charge < -0.3 is 4.98 Å². The molecule has 5 nitrogen and oxygen atoms in total. The van der Waals surface area contributed by atoms with Gasteiger partial charge in [-0.15, -0.1) is 0 Å². The number of likely N-dealkylation sites (tertiary alicyclic amines) is 1. The highest BCUT2D eigenvalue weighted by Crippen LogP contribution is 2.31. The molecule has 1 atom stereocenters. The van der Waals surface area contributed by atoms with Crippen molar-refractivity contribution in [1.29, 1.82) is 0 Å². The van der Waals surface area contributed by atoms with Crippen LogP contribution < -0.4 is 0 Å². The largest absolute Gasteiger partial charge is 0.357 e. The van der Waals surface area contributed by atoms with Gasteiger partial charge in [-0.25, -0.2) is 4.39 Å². The highest BCUT2D eigenvalue weighted by molar-refractivity contribution is 5.85. The SMILES string of the molecule is CC1Cc2c([nH]c3ccccc23)CN1CC(C)(C)F.c1cc2cn[nH]c2cc1CN1CCCC1. The van der Waals surface area contributed by atoms with Crippen LogP contribution in [0.25, 0.3) is 21.8 Å². The van der Waals surface area contributed by atoms with E-state index in [4.69, 9.17) is 0 Å². The Labute approximate surface area is 201 Å².